The maximum atomic E-state index is 12.4. The molecular weight excluding hydrogens is 444 g/mol. The number of rotatable bonds is 3. The van der Waals surface area contributed by atoms with Crippen LogP contribution in [0.15, 0.2) is 11.6 Å². The van der Waals surface area contributed by atoms with E-state index in [0.717, 1.165) is 0 Å². The van der Waals surface area contributed by atoms with Gasteiger partial charge in [-0.3, -0.25) is 9.59 Å². The summed E-state index contributed by atoms with van der Waals surface area (Å²) in [5.74, 6) is -4.40. The third-order valence-electron chi connectivity index (χ3n) is 9.45. The molecule has 2 N–H and O–H groups in total. The Balaban J connectivity index is 1.93. The summed E-state index contributed by atoms with van der Waals surface area (Å²) < 4.78 is 22.8. The van der Waals surface area contributed by atoms with Crippen molar-refractivity contribution >= 4 is 17.9 Å². The quantitative estimate of drug-likeness (QED) is 0.460. The topological polar surface area (TPSA) is 129 Å². The van der Waals surface area contributed by atoms with Crippen LogP contribution in [0.1, 0.15) is 67.2 Å². The number of hydrogen-bond donors (Lipinski definition) is 2. The van der Waals surface area contributed by atoms with E-state index in [1.807, 2.05) is 27.7 Å². The van der Waals surface area contributed by atoms with Crippen molar-refractivity contribution in [2.24, 2.45) is 22.7 Å². The van der Waals surface area contributed by atoms with Gasteiger partial charge >= 0.3 is 17.9 Å². The van der Waals surface area contributed by atoms with E-state index in [0.29, 0.717) is 24.8 Å². The molecule has 0 spiro atoms. The number of aliphatic hydroxyl groups is 2. The summed E-state index contributed by atoms with van der Waals surface area (Å²) in [7, 11) is 1.52. The average molecular weight is 481 g/mol. The number of carbonyl (C=O) groups excluding carboxylic acids is 3. The number of methoxy groups -OCH3 is 1. The Kier molecular flexibility index (Phi) is 5.55. The molecule has 3 fully saturated rings. The molecule has 1 aliphatic heterocycles. The first kappa shape index (κ1) is 25.1. The van der Waals surface area contributed by atoms with Gasteiger partial charge in [-0.2, -0.15) is 0 Å². The van der Waals surface area contributed by atoms with Crippen molar-refractivity contribution in [2.75, 3.05) is 7.11 Å². The molecule has 0 aromatic rings. The van der Waals surface area contributed by atoms with Gasteiger partial charge in [0.1, 0.15) is 12.2 Å². The summed E-state index contributed by atoms with van der Waals surface area (Å²) in [6.45, 7) is 10.1. The molecule has 1 heterocycles. The molecule has 9 nitrogen and oxygen atoms in total. The molecule has 0 aromatic heterocycles. The van der Waals surface area contributed by atoms with Gasteiger partial charge in [0.15, 0.2) is 0 Å². The lowest BCUT2D eigenvalue weighted by Gasteiger charge is -2.70. The van der Waals surface area contributed by atoms with Crippen LogP contribution >= 0.6 is 0 Å². The minimum absolute atomic E-state index is 0.00631. The summed E-state index contributed by atoms with van der Waals surface area (Å²) in [6.07, 6.45) is 0.727. The Morgan fingerprint density at radius 3 is 2.21 bits per heavy atom. The van der Waals surface area contributed by atoms with Crippen molar-refractivity contribution in [1.82, 2.24) is 0 Å². The minimum Gasteiger partial charge on any atom is -0.459 e. The molecule has 0 radical (unpaired) electrons. The molecule has 190 valence electrons. The van der Waals surface area contributed by atoms with E-state index >= 15 is 0 Å². The summed E-state index contributed by atoms with van der Waals surface area (Å²) in [6, 6.07) is 0. The van der Waals surface area contributed by atoms with E-state index in [-0.39, 0.29) is 12.3 Å². The summed E-state index contributed by atoms with van der Waals surface area (Å²) in [5, 5.41) is 23.9. The van der Waals surface area contributed by atoms with Crippen molar-refractivity contribution in [1.29, 1.82) is 0 Å². The molecule has 0 bridgehead atoms. The fourth-order valence-corrected chi connectivity index (χ4v) is 7.87. The van der Waals surface area contributed by atoms with Crippen LogP contribution in [0.3, 0.4) is 0 Å². The van der Waals surface area contributed by atoms with E-state index < -0.39 is 63.9 Å². The van der Waals surface area contributed by atoms with Crippen LogP contribution < -0.4 is 0 Å². The highest BCUT2D eigenvalue weighted by molar-refractivity contribution is 5.87. The van der Waals surface area contributed by atoms with Gasteiger partial charge in [-0.05, 0) is 43.4 Å². The second kappa shape index (κ2) is 7.51. The normalized spacial score (nSPS) is 46.9. The third kappa shape index (κ3) is 3.12. The van der Waals surface area contributed by atoms with Gasteiger partial charge in [0.25, 0.3) is 0 Å². The monoisotopic (exact) mass is 480 g/mol. The summed E-state index contributed by atoms with van der Waals surface area (Å²) >= 11 is 0. The number of carbonyl (C=O) groups is 3. The lowest BCUT2D eigenvalue weighted by atomic mass is 9.39. The Morgan fingerprint density at radius 1 is 1.03 bits per heavy atom. The minimum atomic E-state index is -1.91. The lowest BCUT2D eigenvalue weighted by Crippen LogP contribution is -2.77. The SMILES string of the molecule is COC1(C)C2=CC(=O)OC2(O)CC2C1CCC1(O)C(C)(C)CC(OC(C)=O)C(OC(C)=O)C21C. The summed E-state index contributed by atoms with van der Waals surface area (Å²) in [4.78, 5) is 36.5. The Bertz CT molecular complexity index is 956. The van der Waals surface area contributed by atoms with Gasteiger partial charge in [-0.1, -0.05) is 20.8 Å². The standard InChI is InChI=1S/C25H36O9/c1-13(26)32-17-12-21(3,4)25(30)9-8-15-16(22(25,5)20(17)33-14(2)27)11-24(29)18(10-19(28)34-24)23(15,6)31-7/h10,15-17,20,29-30H,8-9,11-12H2,1-7H3. The number of fused-ring (bicyclic) bond motifs is 4. The van der Waals surface area contributed by atoms with E-state index in [1.165, 1.54) is 27.0 Å². The molecule has 0 saturated heterocycles. The van der Waals surface area contributed by atoms with Crippen LogP contribution in [-0.2, 0) is 33.3 Å². The van der Waals surface area contributed by atoms with E-state index in [2.05, 4.69) is 0 Å². The first-order valence-corrected chi connectivity index (χ1v) is 11.9. The molecule has 34 heavy (non-hydrogen) atoms. The zero-order valence-corrected chi connectivity index (χ0v) is 21.0. The predicted molar refractivity (Wildman–Crippen MR) is 118 cm³/mol. The van der Waals surface area contributed by atoms with Crippen LogP contribution in [0.4, 0.5) is 0 Å². The fraction of sp³-hybridized carbons (Fsp3) is 0.800. The number of ether oxygens (including phenoxy) is 4. The number of esters is 3. The third-order valence-corrected chi connectivity index (χ3v) is 9.45. The average Bonchev–Trinajstić information content (AvgIpc) is 3.02. The highest BCUT2D eigenvalue weighted by atomic mass is 16.7. The van der Waals surface area contributed by atoms with E-state index in [4.69, 9.17) is 18.9 Å². The van der Waals surface area contributed by atoms with Crippen LogP contribution in [0.5, 0.6) is 0 Å². The van der Waals surface area contributed by atoms with Crippen LogP contribution in [-0.4, -0.2) is 64.4 Å². The van der Waals surface area contributed by atoms with Crippen LogP contribution in [0.2, 0.25) is 0 Å². The van der Waals surface area contributed by atoms with Crippen molar-refractivity contribution in [3.8, 4) is 0 Å². The fourth-order valence-electron chi connectivity index (χ4n) is 7.87. The maximum absolute atomic E-state index is 12.4. The Labute approximate surface area is 199 Å². The molecule has 0 amide bonds. The molecule has 3 saturated carbocycles. The van der Waals surface area contributed by atoms with Crippen molar-refractivity contribution < 1.29 is 43.5 Å². The molecule has 8 atom stereocenters. The molecule has 3 aliphatic carbocycles. The van der Waals surface area contributed by atoms with Gasteiger partial charge < -0.3 is 29.2 Å². The van der Waals surface area contributed by atoms with Crippen molar-refractivity contribution in [3.63, 3.8) is 0 Å². The van der Waals surface area contributed by atoms with Gasteiger partial charge in [0.2, 0.25) is 5.79 Å². The second-order valence-electron chi connectivity index (χ2n) is 11.4. The van der Waals surface area contributed by atoms with E-state index in [9.17, 15) is 24.6 Å². The lowest BCUT2D eigenvalue weighted by molar-refractivity contribution is -0.328. The summed E-state index contributed by atoms with van der Waals surface area (Å²) in [5.41, 5.74) is -3.93. The van der Waals surface area contributed by atoms with Crippen molar-refractivity contribution in [2.45, 2.75) is 96.4 Å². The predicted octanol–water partition coefficient (Wildman–Crippen LogP) is 2.02. The van der Waals surface area contributed by atoms with Crippen LogP contribution in [0, 0.1) is 22.7 Å². The largest absolute Gasteiger partial charge is 0.459 e. The Hall–Kier alpha value is -1.97. The maximum Gasteiger partial charge on any atom is 0.333 e. The molecule has 4 rings (SSSR count). The zero-order valence-electron chi connectivity index (χ0n) is 21.0. The van der Waals surface area contributed by atoms with Crippen LogP contribution in [0.25, 0.3) is 0 Å². The first-order chi connectivity index (χ1) is 15.6. The van der Waals surface area contributed by atoms with Gasteiger partial charge in [-0.15, -0.1) is 0 Å². The van der Waals surface area contributed by atoms with Gasteiger partial charge in [-0.25, -0.2) is 4.79 Å². The highest BCUT2D eigenvalue weighted by Crippen LogP contribution is 2.70. The van der Waals surface area contributed by atoms with Gasteiger partial charge in [0.05, 0.1) is 11.2 Å². The highest BCUT2D eigenvalue weighted by Gasteiger charge is 2.76. The second-order valence-corrected chi connectivity index (χ2v) is 11.4. The van der Waals surface area contributed by atoms with Crippen molar-refractivity contribution in [3.05, 3.63) is 11.6 Å². The molecule has 8 unspecified atom stereocenters. The molecule has 0 aromatic carbocycles. The Morgan fingerprint density at radius 2 is 1.65 bits per heavy atom. The number of hydrogen-bond acceptors (Lipinski definition) is 9. The van der Waals surface area contributed by atoms with E-state index in [1.54, 1.807) is 0 Å². The first-order valence-electron chi connectivity index (χ1n) is 11.9. The molecule has 4 aliphatic rings. The van der Waals surface area contributed by atoms with Gasteiger partial charge in [0, 0.05) is 44.4 Å². The molecular formula is C25H36O9. The zero-order chi connectivity index (χ0) is 25.5. The smallest absolute Gasteiger partial charge is 0.333 e. The molecule has 9 heteroatoms.